The zero-order valence-corrected chi connectivity index (χ0v) is 9.99. The number of hydrogen-bond acceptors (Lipinski definition) is 3. The predicted octanol–water partition coefficient (Wildman–Crippen LogP) is 2.88. The van der Waals surface area contributed by atoms with Crippen molar-refractivity contribution in [1.82, 2.24) is 0 Å². The summed E-state index contributed by atoms with van der Waals surface area (Å²) in [7, 11) is 0. The Morgan fingerprint density at radius 1 is 1.19 bits per heavy atom. The monoisotopic (exact) mass is 228 g/mol. The zero-order valence-electron chi connectivity index (χ0n) is 9.99. The van der Waals surface area contributed by atoms with Gasteiger partial charge in [-0.25, -0.2) is 4.79 Å². The molecule has 0 aromatic rings. The Hall–Kier alpha value is -1.32. The van der Waals surface area contributed by atoms with E-state index in [1.165, 1.54) is 32.3 Å². The largest absolute Gasteiger partial charge is 0.475 e. The molecule has 0 aromatic carbocycles. The lowest BCUT2D eigenvalue weighted by molar-refractivity contribution is -0.146. The van der Waals surface area contributed by atoms with Gasteiger partial charge in [-0.1, -0.05) is 32.6 Å². The molecule has 16 heavy (non-hydrogen) atoms. The average Bonchev–Trinajstić information content (AvgIpc) is 2.20. The number of carbonyl (C=O) groups excluding carboxylic acids is 1. The number of carbonyl (C=O) groups is 2. The number of esters is 1. The molecule has 0 amide bonds. The first kappa shape index (κ1) is 14.7. The van der Waals surface area contributed by atoms with Crippen LogP contribution in [0.15, 0.2) is 11.8 Å². The molecule has 4 nitrogen and oxygen atoms in total. The Balaban J connectivity index is 3.86. The SMILES string of the molecule is CCCCCCCC=C(OC(C)=O)C(=O)O. The summed E-state index contributed by atoms with van der Waals surface area (Å²) >= 11 is 0. The van der Waals surface area contributed by atoms with Gasteiger partial charge in [0, 0.05) is 6.92 Å². The summed E-state index contributed by atoms with van der Waals surface area (Å²) in [5.74, 6) is -2.05. The standard InChI is InChI=1S/C12H20O4/c1-3-4-5-6-7-8-9-11(12(14)15)16-10(2)13/h9H,3-8H2,1-2H3,(H,14,15). The van der Waals surface area contributed by atoms with Gasteiger partial charge in [0.25, 0.3) is 0 Å². The average molecular weight is 228 g/mol. The quantitative estimate of drug-likeness (QED) is 0.300. The van der Waals surface area contributed by atoms with E-state index in [1.807, 2.05) is 0 Å². The van der Waals surface area contributed by atoms with E-state index in [2.05, 4.69) is 11.7 Å². The Morgan fingerprint density at radius 3 is 2.31 bits per heavy atom. The molecule has 0 saturated carbocycles. The molecule has 4 heteroatoms. The molecule has 0 saturated heterocycles. The molecule has 92 valence electrons. The van der Waals surface area contributed by atoms with E-state index < -0.39 is 11.9 Å². The maximum Gasteiger partial charge on any atom is 0.371 e. The fourth-order valence-electron chi connectivity index (χ4n) is 1.31. The Labute approximate surface area is 96.3 Å². The zero-order chi connectivity index (χ0) is 12.4. The van der Waals surface area contributed by atoms with Crippen molar-refractivity contribution in [2.75, 3.05) is 0 Å². The van der Waals surface area contributed by atoms with Gasteiger partial charge in [0.1, 0.15) is 0 Å². The molecule has 0 radical (unpaired) electrons. The molecule has 0 aliphatic rings. The topological polar surface area (TPSA) is 63.6 Å². The second kappa shape index (κ2) is 8.95. The number of unbranched alkanes of at least 4 members (excludes halogenated alkanes) is 5. The van der Waals surface area contributed by atoms with E-state index in [-0.39, 0.29) is 5.76 Å². The lowest BCUT2D eigenvalue weighted by Crippen LogP contribution is -2.08. The Morgan fingerprint density at radius 2 is 1.81 bits per heavy atom. The molecule has 0 atom stereocenters. The number of ether oxygens (including phenoxy) is 1. The van der Waals surface area contributed by atoms with Gasteiger partial charge in [-0.2, -0.15) is 0 Å². The smallest absolute Gasteiger partial charge is 0.371 e. The number of hydrogen-bond donors (Lipinski definition) is 1. The summed E-state index contributed by atoms with van der Waals surface area (Å²) in [5, 5.41) is 8.72. The van der Waals surface area contributed by atoms with Crippen LogP contribution in [0.2, 0.25) is 0 Å². The Bertz CT molecular complexity index is 256. The first-order valence-corrected chi connectivity index (χ1v) is 5.69. The second-order valence-corrected chi connectivity index (χ2v) is 3.67. The highest BCUT2D eigenvalue weighted by molar-refractivity contribution is 5.87. The summed E-state index contributed by atoms with van der Waals surface area (Å²) in [6.07, 6.45) is 7.67. The lowest BCUT2D eigenvalue weighted by Gasteiger charge is -2.01. The predicted molar refractivity (Wildman–Crippen MR) is 60.9 cm³/mol. The molecule has 0 aliphatic carbocycles. The number of rotatable bonds is 8. The Kier molecular flexibility index (Phi) is 8.21. The highest BCUT2D eigenvalue weighted by atomic mass is 16.6. The highest BCUT2D eigenvalue weighted by Gasteiger charge is 2.10. The van der Waals surface area contributed by atoms with E-state index in [9.17, 15) is 9.59 Å². The fourth-order valence-corrected chi connectivity index (χ4v) is 1.31. The molecular weight excluding hydrogens is 208 g/mol. The van der Waals surface area contributed by atoms with Crippen LogP contribution in [0.1, 0.15) is 52.4 Å². The summed E-state index contributed by atoms with van der Waals surface area (Å²) in [5.41, 5.74) is 0. The number of carboxylic acids is 1. The minimum Gasteiger partial charge on any atom is -0.475 e. The van der Waals surface area contributed by atoms with Crippen LogP contribution in [0.3, 0.4) is 0 Å². The van der Waals surface area contributed by atoms with E-state index in [1.54, 1.807) is 0 Å². The molecule has 0 aliphatic heterocycles. The molecule has 1 N–H and O–H groups in total. The van der Waals surface area contributed by atoms with Gasteiger partial charge in [0.2, 0.25) is 5.76 Å². The third kappa shape index (κ3) is 8.03. The maximum atomic E-state index is 10.7. The summed E-state index contributed by atoms with van der Waals surface area (Å²) in [4.78, 5) is 21.3. The number of allylic oxidation sites excluding steroid dienone is 1. The van der Waals surface area contributed by atoms with Crippen molar-refractivity contribution < 1.29 is 19.4 Å². The first-order valence-electron chi connectivity index (χ1n) is 5.69. The normalized spacial score (nSPS) is 11.2. The van der Waals surface area contributed by atoms with Crippen LogP contribution in [-0.2, 0) is 14.3 Å². The van der Waals surface area contributed by atoms with Gasteiger partial charge in [-0.05, 0) is 18.9 Å². The van der Waals surface area contributed by atoms with Crippen molar-refractivity contribution in [2.24, 2.45) is 0 Å². The molecule has 0 spiro atoms. The molecule has 0 unspecified atom stereocenters. The van der Waals surface area contributed by atoms with Gasteiger partial charge in [0.05, 0.1) is 0 Å². The van der Waals surface area contributed by atoms with Crippen LogP contribution >= 0.6 is 0 Å². The third-order valence-electron chi connectivity index (χ3n) is 2.10. The summed E-state index contributed by atoms with van der Waals surface area (Å²) < 4.78 is 4.56. The maximum absolute atomic E-state index is 10.7. The van der Waals surface area contributed by atoms with E-state index in [4.69, 9.17) is 5.11 Å². The van der Waals surface area contributed by atoms with Crippen LogP contribution < -0.4 is 0 Å². The van der Waals surface area contributed by atoms with E-state index >= 15 is 0 Å². The molecule has 0 aromatic heterocycles. The van der Waals surface area contributed by atoms with E-state index in [0.717, 1.165) is 12.8 Å². The van der Waals surface area contributed by atoms with Crippen molar-refractivity contribution in [2.45, 2.75) is 52.4 Å². The van der Waals surface area contributed by atoms with Crippen molar-refractivity contribution in [1.29, 1.82) is 0 Å². The van der Waals surface area contributed by atoms with Gasteiger partial charge in [-0.15, -0.1) is 0 Å². The van der Waals surface area contributed by atoms with Crippen molar-refractivity contribution in [3.63, 3.8) is 0 Å². The molecule has 0 bridgehead atoms. The minimum absolute atomic E-state index is 0.261. The van der Waals surface area contributed by atoms with Crippen LogP contribution in [0, 0.1) is 0 Å². The molecule has 0 rings (SSSR count). The van der Waals surface area contributed by atoms with Crippen molar-refractivity contribution in [3.8, 4) is 0 Å². The molecule has 0 heterocycles. The molecule has 0 fully saturated rings. The first-order chi connectivity index (χ1) is 7.57. The minimum atomic E-state index is -1.19. The van der Waals surface area contributed by atoms with Crippen LogP contribution in [-0.4, -0.2) is 17.0 Å². The van der Waals surface area contributed by atoms with Crippen molar-refractivity contribution in [3.05, 3.63) is 11.8 Å². The van der Waals surface area contributed by atoms with Crippen molar-refractivity contribution >= 4 is 11.9 Å². The van der Waals surface area contributed by atoms with Crippen LogP contribution in [0.25, 0.3) is 0 Å². The second-order valence-electron chi connectivity index (χ2n) is 3.67. The third-order valence-corrected chi connectivity index (χ3v) is 2.10. The molecular formula is C12H20O4. The van der Waals surface area contributed by atoms with Crippen LogP contribution in [0.5, 0.6) is 0 Å². The fraction of sp³-hybridized carbons (Fsp3) is 0.667. The number of aliphatic carboxylic acids is 1. The summed E-state index contributed by atoms with van der Waals surface area (Å²) in [6, 6.07) is 0. The highest BCUT2D eigenvalue weighted by Crippen LogP contribution is 2.08. The summed E-state index contributed by atoms with van der Waals surface area (Å²) in [6.45, 7) is 3.33. The van der Waals surface area contributed by atoms with Gasteiger partial charge >= 0.3 is 11.9 Å². The van der Waals surface area contributed by atoms with E-state index in [0.29, 0.717) is 6.42 Å². The van der Waals surface area contributed by atoms with Crippen LogP contribution in [0.4, 0.5) is 0 Å². The number of carboxylic acid groups (broad SMARTS) is 1. The van der Waals surface area contributed by atoms with Gasteiger partial charge in [-0.3, -0.25) is 4.79 Å². The lowest BCUT2D eigenvalue weighted by atomic mass is 10.1. The van der Waals surface area contributed by atoms with Gasteiger partial charge in [0.15, 0.2) is 0 Å². The van der Waals surface area contributed by atoms with Gasteiger partial charge < -0.3 is 9.84 Å².